The van der Waals surface area contributed by atoms with Crippen LogP contribution in [-0.2, 0) is 0 Å². The van der Waals surface area contributed by atoms with Gasteiger partial charge in [0.2, 0.25) is 5.95 Å². The van der Waals surface area contributed by atoms with Crippen LogP contribution in [0.25, 0.3) is 0 Å². The van der Waals surface area contributed by atoms with Crippen molar-refractivity contribution in [2.75, 3.05) is 24.9 Å². The number of halogens is 1. The Bertz CT molecular complexity index is 875. The zero-order chi connectivity index (χ0) is 17.6. The molecule has 0 saturated carbocycles. The van der Waals surface area contributed by atoms with E-state index >= 15 is 0 Å². The van der Waals surface area contributed by atoms with Gasteiger partial charge in [-0.2, -0.15) is 10.1 Å². The first kappa shape index (κ1) is 16.4. The van der Waals surface area contributed by atoms with E-state index in [9.17, 15) is 4.39 Å². The lowest BCUT2D eigenvalue weighted by atomic mass is 10.2. The van der Waals surface area contributed by atoms with Crippen molar-refractivity contribution in [2.24, 2.45) is 0 Å². The van der Waals surface area contributed by atoms with Gasteiger partial charge in [0.25, 0.3) is 0 Å². The molecule has 0 atom stereocenters. The van der Waals surface area contributed by atoms with Crippen LogP contribution in [-0.4, -0.2) is 29.4 Å². The van der Waals surface area contributed by atoms with E-state index in [1.807, 2.05) is 0 Å². The molecule has 0 aliphatic heterocycles. The summed E-state index contributed by atoms with van der Waals surface area (Å²) in [6.45, 7) is 0. The van der Waals surface area contributed by atoms with Gasteiger partial charge in [0.15, 0.2) is 5.82 Å². The number of hydrogen-bond acceptors (Lipinski definition) is 7. The summed E-state index contributed by atoms with van der Waals surface area (Å²) in [7, 11) is 3.14. The topological polar surface area (TPSA) is 81.2 Å². The molecule has 8 heteroatoms. The van der Waals surface area contributed by atoms with Crippen LogP contribution in [0.4, 0.5) is 27.5 Å². The number of methoxy groups -OCH3 is 2. The van der Waals surface area contributed by atoms with Gasteiger partial charge in [-0.05, 0) is 24.3 Å². The molecule has 0 aliphatic rings. The molecule has 0 saturated heterocycles. The number of rotatable bonds is 6. The normalized spacial score (nSPS) is 10.2. The highest BCUT2D eigenvalue weighted by Crippen LogP contribution is 2.31. The molecule has 25 heavy (non-hydrogen) atoms. The van der Waals surface area contributed by atoms with Crippen LogP contribution < -0.4 is 20.1 Å². The zero-order valence-electron chi connectivity index (χ0n) is 13.7. The summed E-state index contributed by atoms with van der Waals surface area (Å²) in [5.41, 5.74) is 0.948. The molecule has 2 aromatic carbocycles. The van der Waals surface area contributed by atoms with E-state index in [1.165, 1.54) is 12.3 Å². The van der Waals surface area contributed by atoms with Crippen molar-refractivity contribution in [1.82, 2.24) is 15.2 Å². The molecule has 3 rings (SSSR count). The van der Waals surface area contributed by atoms with E-state index in [0.717, 1.165) is 0 Å². The number of ether oxygens (including phenoxy) is 2. The molecule has 1 aromatic heterocycles. The van der Waals surface area contributed by atoms with Crippen LogP contribution in [0.2, 0.25) is 0 Å². The molecule has 7 nitrogen and oxygen atoms in total. The Morgan fingerprint density at radius 3 is 2.56 bits per heavy atom. The summed E-state index contributed by atoms with van der Waals surface area (Å²) in [5.74, 6) is 1.45. The molecule has 2 N–H and O–H groups in total. The summed E-state index contributed by atoms with van der Waals surface area (Å²) < 4.78 is 24.2. The largest absolute Gasteiger partial charge is 0.497 e. The van der Waals surface area contributed by atoms with E-state index in [-0.39, 0.29) is 11.6 Å². The molecule has 0 fully saturated rings. The fourth-order valence-electron chi connectivity index (χ4n) is 2.14. The van der Waals surface area contributed by atoms with Crippen molar-refractivity contribution in [3.8, 4) is 11.5 Å². The second-order valence-corrected chi connectivity index (χ2v) is 4.96. The number of hydrogen-bond donors (Lipinski definition) is 2. The third kappa shape index (κ3) is 3.92. The number of benzene rings is 2. The summed E-state index contributed by atoms with van der Waals surface area (Å²) in [6, 6.07) is 11.6. The predicted molar refractivity (Wildman–Crippen MR) is 92.3 cm³/mol. The van der Waals surface area contributed by atoms with Gasteiger partial charge in [0.05, 0.1) is 31.8 Å². The van der Waals surface area contributed by atoms with E-state index in [0.29, 0.717) is 23.0 Å². The van der Waals surface area contributed by atoms with Gasteiger partial charge in [-0.1, -0.05) is 12.1 Å². The fraction of sp³-hybridized carbons (Fsp3) is 0.118. The summed E-state index contributed by atoms with van der Waals surface area (Å²) in [6.07, 6.45) is 1.45. The van der Waals surface area contributed by atoms with Crippen molar-refractivity contribution in [3.05, 3.63) is 54.5 Å². The van der Waals surface area contributed by atoms with E-state index in [4.69, 9.17) is 9.47 Å². The minimum absolute atomic E-state index is 0.169. The van der Waals surface area contributed by atoms with Crippen molar-refractivity contribution >= 4 is 23.1 Å². The first-order valence-corrected chi connectivity index (χ1v) is 7.40. The lowest BCUT2D eigenvalue weighted by molar-refractivity contribution is 0.395. The smallest absolute Gasteiger partial charge is 0.249 e. The second kappa shape index (κ2) is 7.43. The lowest BCUT2D eigenvalue weighted by Gasteiger charge is -2.12. The van der Waals surface area contributed by atoms with Crippen molar-refractivity contribution < 1.29 is 13.9 Å². The third-order valence-electron chi connectivity index (χ3n) is 3.35. The average Bonchev–Trinajstić information content (AvgIpc) is 2.64. The number of nitrogens with zero attached hydrogens (tertiary/aromatic N) is 3. The highest BCUT2D eigenvalue weighted by Gasteiger charge is 2.08. The van der Waals surface area contributed by atoms with Crippen molar-refractivity contribution in [3.63, 3.8) is 0 Å². The zero-order valence-corrected chi connectivity index (χ0v) is 13.7. The molecule has 0 amide bonds. The van der Waals surface area contributed by atoms with Gasteiger partial charge >= 0.3 is 0 Å². The molecule has 3 aromatic rings. The van der Waals surface area contributed by atoms with Crippen LogP contribution in [0.15, 0.2) is 48.7 Å². The minimum Gasteiger partial charge on any atom is -0.497 e. The maximum atomic E-state index is 13.7. The average molecular weight is 341 g/mol. The number of anilines is 4. The minimum atomic E-state index is -0.402. The van der Waals surface area contributed by atoms with Crippen LogP contribution in [0.3, 0.4) is 0 Å². The standard InChI is InChI=1S/C17H16FN5O2/c1-24-11-7-8-14(15(9-11)25-2)20-16-10-19-23-17(22-16)21-13-6-4-3-5-12(13)18/h3-10H,1-2H3,(H2,20,21,22,23). The van der Waals surface area contributed by atoms with Crippen molar-refractivity contribution in [2.45, 2.75) is 0 Å². The quantitative estimate of drug-likeness (QED) is 0.710. The van der Waals surface area contributed by atoms with Gasteiger partial charge in [0.1, 0.15) is 17.3 Å². The van der Waals surface area contributed by atoms with Crippen LogP contribution >= 0.6 is 0 Å². The summed E-state index contributed by atoms with van der Waals surface area (Å²) >= 11 is 0. The van der Waals surface area contributed by atoms with Crippen molar-refractivity contribution in [1.29, 1.82) is 0 Å². The first-order chi connectivity index (χ1) is 12.2. The van der Waals surface area contributed by atoms with Crippen LogP contribution in [0.5, 0.6) is 11.5 Å². The Labute approximate surface area is 143 Å². The maximum Gasteiger partial charge on any atom is 0.249 e. The monoisotopic (exact) mass is 341 g/mol. The Morgan fingerprint density at radius 2 is 1.80 bits per heavy atom. The Hall–Kier alpha value is -3.42. The molecular weight excluding hydrogens is 325 g/mol. The molecular formula is C17H16FN5O2. The molecule has 0 radical (unpaired) electrons. The van der Waals surface area contributed by atoms with Gasteiger partial charge in [0, 0.05) is 6.07 Å². The number of nitrogens with one attached hydrogen (secondary N) is 2. The molecule has 0 spiro atoms. The highest BCUT2D eigenvalue weighted by atomic mass is 19.1. The second-order valence-electron chi connectivity index (χ2n) is 4.96. The highest BCUT2D eigenvalue weighted by molar-refractivity contribution is 5.66. The third-order valence-corrected chi connectivity index (χ3v) is 3.35. The van der Waals surface area contributed by atoms with Gasteiger partial charge in [-0.3, -0.25) is 0 Å². The predicted octanol–water partition coefficient (Wildman–Crippen LogP) is 3.52. The molecule has 0 aliphatic carbocycles. The molecule has 0 bridgehead atoms. The van der Waals surface area contributed by atoms with Gasteiger partial charge in [-0.25, -0.2) is 4.39 Å². The SMILES string of the molecule is COc1ccc(Nc2cnnc(Nc3ccccc3F)n2)c(OC)c1. The van der Waals surface area contributed by atoms with E-state index < -0.39 is 5.82 Å². The Morgan fingerprint density at radius 1 is 0.960 bits per heavy atom. The lowest BCUT2D eigenvalue weighted by Crippen LogP contribution is -2.04. The van der Waals surface area contributed by atoms with Gasteiger partial charge < -0.3 is 20.1 Å². The van der Waals surface area contributed by atoms with Gasteiger partial charge in [-0.15, -0.1) is 5.10 Å². The molecule has 0 unspecified atom stereocenters. The first-order valence-electron chi connectivity index (χ1n) is 7.40. The Kier molecular flexibility index (Phi) is 4.89. The summed E-state index contributed by atoms with van der Waals surface area (Å²) in [5, 5.41) is 13.6. The maximum absolute atomic E-state index is 13.7. The molecule has 128 valence electrons. The van der Waals surface area contributed by atoms with Crippen LogP contribution in [0, 0.1) is 5.82 Å². The van der Waals surface area contributed by atoms with E-state index in [2.05, 4.69) is 25.8 Å². The molecule has 1 heterocycles. The fourth-order valence-corrected chi connectivity index (χ4v) is 2.14. The van der Waals surface area contributed by atoms with E-state index in [1.54, 1.807) is 50.6 Å². The Balaban J connectivity index is 1.81. The number of para-hydroxylation sites is 1. The summed E-state index contributed by atoms with van der Waals surface area (Å²) in [4.78, 5) is 4.27. The number of aromatic nitrogens is 3. The van der Waals surface area contributed by atoms with Crippen LogP contribution in [0.1, 0.15) is 0 Å².